The number of halogens is 3. The highest BCUT2D eigenvalue weighted by Gasteiger charge is 2.31. The molecule has 2 heterocycles. The number of ether oxygens (including phenoxy) is 1. The maximum atomic E-state index is 12.1. The fraction of sp³-hybridized carbons (Fsp3) is 0.0625. The Kier molecular flexibility index (Phi) is 4.38. The monoisotopic (exact) mass is 348 g/mol. The number of benzene rings is 1. The van der Waals surface area contributed by atoms with Gasteiger partial charge in [0.1, 0.15) is 5.75 Å². The molecule has 1 N–H and O–H groups in total. The summed E-state index contributed by atoms with van der Waals surface area (Å²) in [5.41, 5.74) is 0.627. The molecule has 9 heteroatoms. The molecule has 0 aliphatic rings. The molecule has 0 aliphatic heterocycles. The zero-order valence-corrected chi connectivity index (χ0v) is 12.6. The first kappa shape index (κ1) is 16.5. The number of anilines is 1. The topological polar surface area (TPSA) is 69.0 Å². The number of hydrogen-bond acceptors (Lipinski definition) is 4. The van der Waals surface area contributed by atoms with Gasteiger partial charge >= 0.3 is 6.36 Å². The molecule has 1 aromatic carbocycles. The second kappa shape index (κ2) is 6.63. The second-order valence-electron chi connectivity index (χ2n) is 4.88. The van der Waals surface area contributed by atoms with E-state index in [1.165, 1.54) is 18.3 Å². The van der Waals surface area contributed by atoms with Crippen LogP contribution in [0.3, 0.4) is 0 Å². The van der Waals surface area contributed by atoms with E-state index in [2.05, 4.69) is 20.1 Å². The maximum Gasteiger partial charge on any atom is 0.573 e. The molecule has 25 heavy (non-hydrogen) atoms. The van der Waals surface area contributed by atoms with Gasteiger partial charge in [-0.1, -0.05) is 0 Å². The number of aromatic nitrogens is 3. The zero-order valence-electron chi connectivity index (χ0n) is 12.6. The van der Waals surface area contributed by atoms with Gasteiger partial charge in [-0.05, 0) is 42.5 Å². The minimum Gasteiger partial charge on any atom is -0.406 e. The van der Waals surface area contributed by atoms with Crippen LogP contribution in [0.25, 0.3) is 5.82 Å². The largest absolute Gasteiger partial charge is 0.573 e. The fourth-order valence-electron chi connectivity index (χ4n) is 2.01. The first-order chi connectivity index (χ1) is 11.9. The lowest BCUT2D eigenvalue weighted by molar-refractivity contribution is -0.274. The van der Waals surface area contributed by atoms with Gasteiger partial charge in [0.2, 0.25) is 0 Å². The highest BCUT2D eigenvalue weighted by Crippen LogP contribution is 2.23. The van der Waals surface area contributed by atoms with Crippen molar-refractivity contribution >= 4 is 11.6 Å². The van der Waals surface area contributed by atoms with Gasteiger partial charge in [-0.25, -0.2) is 9.67 Å². The summed E-state index contributed by atoms with van der Waals surface area (Å²) < 4.78 is 41.6. The first-order valence-corrected chi connectivity index (χ1v) is 7.04. The van der Waals surface area contributed by atoms with Crippen molar-refractivity contribution in [3.05, 3.63) is 66.6 Å². The summed E-state index contributed by atoms with van der Waals surface area (Å²) in [6, 6.07) is 9.68. The first-order valence-electron chi connectivity index (χ1n) is 7.04. The summed E-state index contributed by atoms with van der Waals surface area (Å²) in [6.45, 7) is 0. The van der Waals surface area contributed by atoms with E-state index in [9.17, 15) is 18.0 Å². The van der Waals surface area contributed by atoms with Gasteiger partial charge in [0.15, 0.2) is 5.82 Å². The van der Waals surface area contributed by atoms with Crippen molar-refractivity contribution in [3.8, 4) is 11.6 Å². The number of alkyl halides is 3. The lowest BCUT2D eigenvalue weighted by Gasteiger charge is -2.09. The Morgan fingerprint density at radius 1 is 1.12 bits per heavy atom. The van der Waals surface area contributed by atoms with Crippen LogP contribution in [0.5, 0.6) is 5.75 Å². The van der Waals surface area contributed by atoms with E-state index in [0.717, 1.165) is 12.1 Å². The van der Waals surface area contributed by atoms with E-state index in [1.54, 1.807) is 35.3 Å². The van der Waals surface area contributed by atoms with Crippen molar-refractivity contribution in [2.24, 2.45) is 0 Å². The number of nitrogens with zero attached hydrogens (tertiary/aromatic N) is 3. The second-order valence-corrected chi connectivity index (χ2v) is 4.88. The summed E-state index contributed by atoms with van der Waals surface area (Å²) >= 11 is 0. The molecule has 1 amide bonds. The fourth-order valence-corrected chi connectivity index (χ4v) is 2.01. The molecule has 0 unspecified atom stereocenters. The molecule has 128 valence electrons. The molecule has 6 nitrogen and oxygen atoms in total. The molecular weight excluding hydrogens is 337 g/mol. The lowest BCUT2D eigenvalue weighted by Crippen LogP contribution is -2.17. The average Bonchev–Trinajstić information content (AvgIpc) is 3.09. The molecule has 0 atom stereocenters. The Morgan fingerprint density at radius 3 is 2.44 bits per heavy atom. The van der Waals surface area contributed by atoms with Gasteiger partial charge in [0.05, 0.1) is 11.9 Å². The predicted octanol–water partition coefficient (Wildman–Crippen LogP) is 3.42. The average molecular weight is 348 g/mol. The van der Waals surface area contributed by atoms with E-state index in [-0.39, 0.29) is 5.56 Å². The van der Waals surface area contributed by atoms with Gasteiger partial charge < -0.3 is 10.1 Å². The minimum atomic E-state index is -4.77. The molecule has 0 spiro atoms. The van der Waals surface area contributed by atoms with Crippen LogP contribution in [0.2, 0.25) is 0 Å². The standard InChI is InChI=1S/C16H11F3N4O2/c17-16(18,19)25-13-5-2-11(3-6-13)15(24)22-12-4-7-14(20-10-12)23-9-1-8-21-23/h1-10H,(H,22,24). The summed E-state index contributed by atoms with van der Waals surface area (Å²) in [6.07, 6.45) is 0.0243. The summed E-state index contributed by atoms with van der Waals surface area (Å²) in [5, 5.41) is 6.64. The lowest BCUT2D eigenvalue weighted by atomic mass is 10.2. The number of carbonyl (C=O) groups is 1. The van der Waals surface area contributed by atoms with Crippen LogP contribution >= 0.6 is 0 Å². The van der Waals surface area contributed by atoms with Crippen molar-refractivity contribution in [1.82, 2.24) is 14.8 Å². The van der Waals surface area contributed by atoms with Crippen LogP contribution in [-0.2, 0) is 0 Å². The van der Waals surface area contributed by atoms with Gasteiger partial charge in [-0.15, -0.1) is 13.2 Å². The SMILES string of the molecule is O=C(Nc1ccc(-n2cccn2)nc1)c1ccc(OC(F)(F)F)cc1. The molecule has 0 fully saturated rings. The summed E-state index contributed by atoms with van der Waals surface area (Å²) in [7, 11) is 0. The van der Waals surface area contributed by atoms with Gasteiger partial charge in [-0.3, -0.25) is 4.79 Å². The molecule has 3 rings (SSSR count). The van der Waals surface area contributed by atoms with Crippen molar-refractivity contribution in [3.63, 3.8) is 0 Å². The van der Waals surface area contributed by atoms with E-state index in [4.69, 9.17) is 0 Å². The maximum absolute atomic E-state index is 12.1. The Labute approximate surface area is 139 Å². The molecule has 0 bridgehead atoms. The Hall–Kier alpha value is -3.36. The van der Waals surface area contributed by atoms with Crippen molar-refractivity contribution < 1.29 is 22.7 Å². The minimum absolute atomic E-state index is 0.186. The van der Waals surface area contributed by atoms with Crippen molar-refractivity contribution in [2.45, 2.75) is 6.36 Å². The highest BCUT2D eigenvalue weighted by atomic mass is 19.4. The number of nitrogens with one attached hydrogen (secondary N) is 1. The highest BCUT2D eigenvalue weighted by molar-refractivity contribution is 6.04. The van der Waals surface area contributed by atoms with Crippen LogP contribution in [0.1, 0.15) is 10.4 Å². The molecular formula is C16H11F3N4O2. The van der Waals surface area contributed by atoms with Crippen molar-refractivity contribution in [2.75, 3.05) is 5.32 Å². The van der Waals surface area contributed by atoms with Crippen LogP contribution in [0, 0.1) is 0 Å². The molecule has 0 aliphatic carbocycles. The molecule has 0 saturated heterocycles. The van der Waals surface area contributed by atoms with Gasteiger partial charge in [-0.2, -0.15) is 5.10 Å². The van der Waals surface area contributed by atoms with Gasteiger partial charge in [0.25, 0.3) is 5.91 Å². The summed E-state index contributed by atoms with van der Waals surface area (Å²) in [4.78, 5) is 16.3. The predicted molar refractivity (Wildman–Crippen MR) is 82.4 cm³/mol. The molecule has 0 radical (unpaired) electrons. The van der Waals surface area contributed by atoms with Crippen molar-refractivity contribution in [1.29, 1.82) is 0 Å². The molecule has 0 saturated carbocycles. The summed E-state index contributed by atoms with van der Waals surface area (Å²) in [5.74, 6) is -0.293. The smallest absolute Gasteiger partial charge is 0.406 e. The normalized spacial score (nSPS) is 11.2. The van der Waals surface area contributed by atoms with Crippen LogP contribution in [-0.4, -0.2) is 27.0 Å². The van der Waals surface area contributed by atoms with Crippen LogP contribution < -0.4 is 10.1 Å². The van der Waals surface area contributed by atoms with Crippen LogP contribution in [0.4, 0.5) is 18.9 Å². The van der Waals surface area contributed by atoms with Gasteiger partial charge in [0, 0.05) is 18.0 Å². The molecule has 3 aromatic rings. The Morgan fingerprint density at radius 2 is 1.88 bits per heavy atom. The third-order valence-corrected chi connectivity index (χ3v) is 3.09. The van der Waals surface area contributed by atoms with Crippen LogP contribution in [0.15, 0.2) is 61.1 Å². The van der Waals surface area contributed by atoms with E-state index >= 15 is 0 Å². The number of pyridine rings is 1. The number of hydrogen-bond donors (Lipinski definition) is 1. The van der Waals surface area contributed by atoms with E-state index in [0.29, 0.717) is 11.5 Å². The van der Waals surface area contributed by atoms with E-state index < -0.39 is 18.0 Å². The Bertz CT molecular complexity index is 845. The number of rotatable bonds is 4. The van der Waals surface area contributed by atoms with E-state index in [1.807, 2.05) is 0 Å². The number of amides is 1. The quantitative estimate of drug-likeness (QED) is 0.784. The third kappa shape index (κ3) is 4.34. The number of carbonyl (C=O) groups excluding carboxylic acids is 1. The zero-order chi connectivity index (χ0) is 17.9. The Balaban J connectivity index is 1.65. The third-order valence-electron chi connectivity index (χ3n) is 3.09. The molecule has 2 aromatic heterocycles.